The maximum absolute atomic E-state index is 13.4. The fraction of sp³-hybridized carbons (Fsp3) is 0.148. The molecule has 1 N–H and O–H groups in total. The van der Waals surface area contributed by atoms with Crippen LogP contribution in [0.5, 0.6) is 11.5 Å². The molecule has 3 heterocycles. The van der Waals surface area contributed by atoms with Gasteiger partial charge in [-0.15, -0.1) is 22.7 Å². The van der Waals surface area contributed by atoms with Crippen molar-refractivity contribution in [2.45, 2.75) is 19.6 Å². The van der Waals surface area contributed by atoms with Crippen molar-refractivity contribution in [1.29, 1.82) is 0 Å². The summed E-state index contributed by atoms with van der Waals surface area (Å²) in [5.74, 6) is -0.629. The van der Waals surface area contributed by atoms with E-state index >= 15 is 0 Å². The number of rotatable bonds is 9. The molecule has 1 unspecified atom stereocenters. The van der Waals surface area contributed by atoms with Gasteiger partial charge in [-0.05, 0) is 41.6 Å². The van der Waals surface area contributed by atoms with E-state index in [9.17, 15) is 14.7 Å². The van der Waals surface area contributed by atoms with Crippen LogP contribution in [0.4, 0.5) is 5.13 Å². The molecule has 0 saturated heterocycles. The number of anilines is 1. The monoisotopic (exact) mass is 518 g/mol. The number of nitrogens with zero attached hydrogens (tertiary/aromatic N) is 2. The van der Waals surface area contributed by atoms with E-state index in [4.69, 9.17) is 9.47 Å². The van der Waals surface area contributed by atoms with Gasteiger partial charge in [0.1, 0.15) is 6.61 Å². The number of Topliss-reactive ketones (excluding diaryl/α,β-unsaturated/α-hetero) is 1. The standard InChI is InChI=1S/C27H22N2O5S2/c1-2-33-20-15-18(10-11-19(20)34-16-17-7-4-3-5-8-17)23-22(24(30)21-9-6-13-35-21)25(31)26(32)29(23)27-28-12-14-36-27/h3-15,23,31H,2,16H2,1H3. The number of aliphatic hydroxyl groups excluding tert-OH is 1. The molecule has 9 heteroatoms. The molecule has 1 amide bonds. The lowest BCUT2D eigenvalue weighted by Gasteiger charge is -2.25. The molecule has 0 spiro atoms. The van der Waals surface area contributed by atoms with Crippen molar-refractivity contribution in [3.63, 3.8) is 0 Å². The van der Waals surface area contributed by atoms with Gasteiger partial charge in [-0.2, -0.15) is 0 Å². The molecule has 0 aliphatic carbocycles. The quantitative estimate of drug-likeness (QED) is 0.275. The first kappa shape index (κ1) is 23.8. The lowest BCUT2D eigenvalue weighted by Crippen LogP contribution is -2.30. The van der Waals surface area contributed by atoms with Crippen LogP contribution in [0.3, 0.4) is 0 Å². The molecule has 5 rings (SSSR count). The van der Waals surface area contributed by atoms with Crippen molar-refractivity contribution in [2.75, 3.05) is 11.5 Å². The first-order valence-corrected chi connectivity index (χ1v) is 13.0. The predicted molar refractivity (Wildman–Crippen MR) is 139 cm³/mol. The number of ketones is 1. The fourth-order valence-electron chi connectivity index (χ4n) is 4.04. The van der Waals surface area contributed by atoms with Gasteiger partial charge in [0.05, 0.1) is 23.1 Å². The van der Waals surface area contributed by atoms with Crippen molar-refractivity contribution < 1.29 is 24.2 Å². The molecule has 4 aromatic rings. The Bertz CT molecular complexity index is 1400. The van der Waals surface area contributed by atoms with Crippen molar-refractivity contribution in [2.24, 2.45) is 0 Å². The first-order valence-electron chi connectivity index (χ1n) is 11.3. The van der Waals surface area contributed by atoms with Crippen LogP contribution in [0.15, 0.2) is 89.0 Å². The van der Waals surface area contributed by atoms with Crippen LogP contribution in [0.25, 0.3) is 0 Å². The molecule has 7 nitrogen and oxygen atoms in total. The zero-order valence-electron chi connectivity index (χ0n) is 19.3. The fourth-order valence-corrected chi connectivity index (χ4v) is 5.39. The second-order valence-electron chi connectivity index (χ2n) is 7.87. The number of aliphatic hydroxyl groups is 1. The molecule has 0 saturated carbocycles. The number of ether oxygens (including phenoxy) is 2. The van der Waals surface area contributed by atoms with Gasteiger partial charge in [-0.25, -0.2) is 4.98 Å². The Kier molecular flexibility index (Phi) is 6.84. The molecule has 0 bridgehead atoms. The number of amides is 1. The van der Waals surface area contributed by atoms with Crippen LogP contribution >= 0.6 is 22.7 Å². The second kappa shape index (κ2) is 10.3. The zero-order chi connectivity index (χ0) is 25.1. The number of thiazole rings is 1. The second-order valence-corrected chi connectivity index (χ2v) is 9.70. The summed E-state index contributed by atoms with van der Waals surface area (Å²) < 4.78 is 11.9. The maximum atomic E-state index is 13.4. The van der Waals surface area contributed by atoms with Crippen molar-refractivity contribution in [1.82, 2.24) is 4.98 Å². The molecular weight excluding hydrogens is 496 g/mol. The van der Waals surface area contributed by atoms with E-state index in [0.717, 1.165) is 5.56 Å². The molecular formula is C27H22N2O5S2. The van der Waals surface area contributed by atoms with Crippen LogP contribution < -0.4 is 14.4 Å². The largest absolute Gasteiger partial charge is 0.503 e. The number of hydrogen-bond donors (Lipinski definition) is 1. The van der Waals surface area contributed by atoms with Crippen LogP contribution in [0.2, 0.25) is 0 Å². The Morgan fingerprint density at radius 2 is 1.86 bits per heavy atom. The minimum absolute atomic E-state index is 0.0121. The van der Waals surface area contributed by atoms with E-state index in [0.29, 0.717) is 40.3 Å². The molecule has 0 radical (unpaired) electrons. The van der Waals surface area contributed by atoms with Gasteiger partial charge in [-0.3, -0.25) is 14.5 Å². The highest BCUT2D eigenvalue weighted by atomic mass is 32.1. The van der Waals surface area contributed by atoms with Gasteiger partial charge >= 0.3 is 0 Å². The minimum Gasteiger partial charge on any atom is -0.503 e. The number of carbonyl (C=O) groups excluding carboxylic acids is 2. The summed E-state index contributed by atoms with van der Waals surface area (Å²) in [4.78, 5) is 32.7. The summed E-state index contributed by atoms with van der Waals surface area (Å²) in [5, 5.41) is 14.8. The summed E-state index contributed by atoms with van der Waals surface area (Å²) in [6.07, 6.45) is 1.58. The summed E-state index contributed by atoms with van der Waals surface area (Å²) >= 11 is 2.50. The number of carbonyl (C=O) groups is 2. The summed E-state index contributed by atoms with van der Waals surface area (Å²) in [6.45, 7) is 2.62. The lowest BCUT2D eigenvalue weighted by molar-refractivity contribution is -0.117. The van der Waals surface area contributed by atoms with Crippen molar-refractivity contribution >= 4 is 39.5 Å². The Morgan fingerprint density at radius 3 is 2.56 bits per heavy atom. The van der Waals surface area contributed by atoms with E-state index in [-0.39, 0.29) is 5.57 Å². The van der Waals surface area contributed by atoms with E-state index in [1.54, 1.807) is 47.3 Å². The van der Waals surface area contributed by atoms with Gasteiger partial charge in [0.2, 0.25) is 5.78 Å². The Labute approximate surface area is 215 Å². The number of hydrogen-bond acceptors (Lipinski definition) is 8. The smallest absolute Gasteiger partial charge is 0.296 e. The molecule has 182 valence electrons. The van der Waals surface area contributed by atoms with Crippen LogP contribution in [-0.4, -0.2) is 28.4 Å². The highest BCUT2D eigenvalue weighted by molar-refractivity contribution is 7.14. The Morgan fingerprint density at radius 1 is 1.03 bits per heavy atom. The van der Waals surface area contributed by atoms with Crippen LogP contribution in [-0.2, 0) is 11.4 Å². The predicted octanol–water partition coefficient (Wildman–Crippen LogP) is 5.97. The van der Waals surface area contributed by atoms with Crippen LogP contribution in [0, 0.1) is 0 Å². The maximum Gasteiger partial charge on any atom is 0.296 e. The summed E-state index contributed by atoms with van der Waals surface area (Å²) in [6, 6.07) is 17.6. The average Bonchev–Trinajstić information content (AvgIpc) is 3.66. The van der Waals surface area contributed by atoms with E-state index in [2.05, 4.69) is 4.98 Å². The number of thiophene rings is 1. The SMILES string of the molecule is CCOc1cc(C2C(C(=O)c3cccs3)=C(O)C(=O)N2c2nccs2)ccc1OCc1ccccc1. The molecule has 0 fully saturated rings. The van der Waals surface area contributed by atoms with E-state index < -0.39 is 23.5 Å². The summed E-state index contributed by atoms with van der Waals surface area (Å²) in [7, 11) is 0. The third-order valence-electron chi connectivity index (χ3n) is 5.64. The van der Waals surface area contributed by atoms with Gasteiger partial charge in [0.15, 0.2) is 22.4 Å². The van der Waals surface area contributed by atoms with E-state index in [1.165, 1.54) is 27.6 Å². The van der Waals surface area contributed by atoms with Crippen LogP contribution in [0.1, 0.15) is 33.8 Å². The van der Waals surface area contributed by atoms with Gasteiger partial charge in [-0.1, -0.05) is 42.5 Å². The molecule has 1 aliphatic heterocycles. The summed E-state index contributed by atoms with van der Waals surface area (Å²) in [5.41, 5.74) is 1.62. The van der Waals surface area contributed by atoms with Gasteiger partial charge in [0.25, 0.3) is 5.91 Å². The highest BCUT2D eigenvalue weighted by Crippen LogP contribution is 2.44. The topological polar surface area (TPSA) is 89.0 Å². The zero-order valence-corrected chi connectivity index (χ0v) is 20.9. The highest BCUT2D eigenvalue weighted by Gasteiger charge is 2.46. The Balaban J connectivity index is 1.56. The average molecular weight is 519 g/mol. The third kappa shape index (κ3) is 4.50. The van der Waals surface area contributed by atoms with Crippen molar-refractivity contribution in [3.05, 3.63) is 105 Å². The Hall–Kier alpha value is -3.95. The van der Waals surface area contributed by atoms with E-state index in [1.807, 2.05) is 37.3 Å². The van der Waals surface area contributed by atoms with Gasteiger partial charge < -0.3 is 14.6 Å². The van der Waals surface area contributed by atoms with Gasteiger partial charge in [0, 0.05) is 11.6 Å². The number of benzene rings is 2. The molecule has 2 aromatic carbocycles. The normalized spacial score (nSPS) is 15.4. The molecule has 36 heavy (non-hydrogen) atoms. The molecule has 1 aliphatic rings. The number of aromatic nitrogens is 1. The third-order valence-corrected chi connectivity index (χ3v) is 7.28. The minimum atomic E-state index is -0.874. The molecule has 2 aromatic heterocycles. The molecule has 1 atom stereocenters. The lowest BCUT2D eigenvalue weighted by atomic mass is 9.95. The van der Waals surface area contributed by atoms with Crippen molar-refractivity contribution in [3.8, 4) is 11.5 Å². The first-order chi connectivity index (χ1) is 17.6.